The molecule has 3 aromatic rings. The molecule has 0 spiro atoms. The summed E-state index contributed by atoms with van der Waals surface area (Å²) in [5.74, 6) is 3.36. The zero-order valence-corrected chi connectivity index (χ0v) is 27.7. The summed E-state index contributed by atoms with van der Waals surface area (Å²) in [5.41, 5.74) is 12.6. The van der Waals surface area contributed by atoms with Gasteiger partial charge < -0.3 is 0 Å². The molecule has 11 rings (SSSR count). The number of rotatable bonds is 8. The maximum Gasteiger partial charge on any atom is -0.00273 e. The number of hydrogen-bond acceptors (Lipinski definition) is 0. The molecule has 4 atom stereocenters. The Labute approximate surface area is 277 Å². The van der Waals surface area contributed by atoms with Crippen LogP contribution < -0.4 is 0 Å². The van der Waals surface area contributed by atoms with Crippen LogP contribution in [0.1, 0.15) is 122 Å². The molecule has 8 fully saturated rings. The summed E-state index contributed by atoms with van der Waals surface area (Å²) in [4.78, 5) is 0. The molecule has 4 unspecified atom stereocenters. The van der Waals surface area contributed by atoms with Gasteiger partial charge >= 0.3 is 0 Å². The van der Waals surface area contributed by atoms with Crippen molar-refractivity contribution in [1.29, 1.82) is 0 Å². The summed E-state index contributed by atoms with van der Waals surface area (Å²) in [6.45, 7) is 16.6. The van der Waals surface area contributed by atoms with E-state index in [1.165, 1.54) is 99.3 Å². The smallest absolute Gasteiger partial charge is 0.00273 e. The molecule has 8 aliphatic rings. The van der Waals surface area contributed by atoms with Crippen molar-refractivity contribution in [2.24, 2.45) is 23.7 Å². The molecule has 0 N–H and O–H groups in total. The summed E-state index contributed by atoms with van der Waals surface area (Å²) < 4.78 is 0. The monoisotopic (exact) mass is 602 g/mol. The molecule has 234 valence electrons. The van der Waals surface area contributed by atoms with E-state index < -0.39 is 0 Å². The quantitative estimate of drug-likeness (QED) is 0.241. The fourth-order valence-corrected chi connectivity index (χ4v) is 13.7. The molecule has 8 aliphatic carbocycles. The molecule has 0 radical (unpaired) electrons. The highest BCUT2D eigenvalue weighted by Crippen LogP contribution is 2.68. The van der Waals surface area contributed by atoms with Gasteiger partial charge in [-0.1, -0.05) is 99.2 Å². The molecule has 0 aliphatic heterocycles. The van der Waals surface area contributed by atoms with Crippen LogP contribution >= 0.6 is 0 Å². The first-order valence-electron chi connectivity index (χ1n) is 18.2. The lowest BCUT2D eigenvalue weighted by atomic mass is 9.41. The lowest BCUT2D eigenvalue weighted by Crippen LogP contribution is -2.56. The van der Waals surface area contributed by atoms with Crippen molar-refractivity contribution in [1.82, 2.24) is 0 Å². The summed E-state index contributed by atoms with van der Waals surface area (Å²) in [6.07, 6.45) is 24.5. The second-order valence-electron chi connectivity index (χ2n) is 17.1. The Hall–Kier alpha value is -3.38. The first-order valence-corrected chi connectivity index (χ1v) is 18.2. The normalized spacial score (nSPS) is 38.1. The molecule has 8 bridgehead atoms. The third-order valence-corrected chi connectivity index (χ3v) is 14.4. The van der Waals surface area contributed by atoms with Crippen LogP contribution in [0.2, 0.25) is 0 Å². The van der Waals surface area contributed by atoms with Crippen LogP contribution in [0.25, 0.3) is 24.3 Å². The van der Waals surface area contributed by atoms with Crippen molar-refractivity contribution < 1.29 is 0 Å². The van der Waals surface area contributed by atoms with Gasteiger partial charge in [-0.2, -0.15) is 0 Å². The van der Waals surface area contributed by atoms with Gasteiger partial charge in [0.15, 0.2) is 0 Å². The Morgan fingerprint density at radius 1 is 0.435 bits per heavy atom. The van der Waals surface area contributed by atoms with Crippen molar-refractivity contribution in [2.75, 3.05) is 0 Å². The molecule has 8 saturated carbocycles. The summed E-state index contributed by atoms with van der Waals surface area (Å²) in [7, 11) is 0. The van der Waals surface area contributed by atoms with E-state index in [2.05, 4.69) is 99.1 Å². The third kappa shape index (κ3) is 4.11. The summed E-state index contributed by atoms with van der Waals surface area (Å²) in [5, 5.41) is 0. The second-order valence-corrected chi connectivity index (χ2v) is 17.1. The zero-order chi connectivity index (χ0) is 31.3. The zero-order valence-electron chi connectivity index (χ0n) is 27.7. The largest absolute Gasteiger partial charge is 0.0985 e. The average Bonchev–Trinajstić information content (AvgIpc) is 3.06. The maximum absolute atomic E-state index is 4.26. The van der Waals surface area contributed by atoms with Gasteiger partial charge in [-0.3, -0.25) is 0 Å². The Balaban J connectivity index is 1.06. The highest BCUT2D eigenvalue weighted by molar-refractivity contribution is 5.63. The number of benzene rings is 3. The van der Waals surface area contributed by atoms with Crippen molar-refractivity contribution in [3.63, 3.8) is 0 Å². The molecular formula is C46H50. The van der Waals surface area contributed by atoms with Gasteiger partial charge in [0.05, 0.1) is 0 Å². The Bertz CT molecular complexity index is 1600. The fourth-order valence-electron chi connectivity index (χ4n) is 13.7. The molecule has 46 heavy (non-hydrogen) atoms. The van der Waals surface area contributed by atoms with Gasteiger partial charge in [0.1, 0.15) is 0 Å². The van der Waals surface area contributed by atoms with Crippen molar-refractivity contribution in [3.05, 3.63) is 131 Å². The highest BCUT2D eigenvalue weighted by atomic mass is 14.6. The van der Waals surface area contributed by atoms with E-state index in [1.54, 1.807) is 22.3 Å². The Morgan fingerprint density at radius 3 is 1.11 bits per heavy atom. The third-order valence-electron chi connectivity index (χ3n) is 14.4. The van der Waals surface area contributed by atoms with E-state index >= 15 is 0 Å². The summed E-state index contributed by atoms with van der Waals surface area (Å²) >= 11 is 0. The van der Waals surface area contributed by atoms with Crippen LogP contribution in [-0.4, -0.2) is 0 Å². The van der Waals surface area contributed by atoms with Crippen molar-refractivity contribution >= 4 is 24.3 Å². The first kappa shape index (κ1) is 28.8. The van der Waals surface area contributed by atoms with Gasteiger partial charge in [-0.15, -0.1) is 0 Å². The molecule has 0 heterocycles. The first-order chi connectivity index (χ1) is 22.3. The van der Waals surface area contributed by atoms with Crippen LogP contribution in [-0.2, 0) is 21.7 Å². The van der Waals surface area contributed by atoms with E-state index in [0.717, 1.165) is 23.7 Å². The Kier molecular flexibility index (Phi) is 6.30. The van der Waals surface area contributed by atoms with Crippen molar-refractivity contribution in [2.45, 2.75) is 98.7 Å². The lowest BCUT2D eigenvalue weighted by molar-refractivity contribution is -0.0298. The standard InChI is InChI=1S/C46H50/c1-5-31-9-15-41(37(7-3)19-31)45-25-33-17-34(26-45)22-43(21-33,29-45)39-11-13-40(14-12-39)44-23-35-18-36(24-44)28-46(27-35,30-44)42-16-10-32(6-2)20-38(42)8-4/h5-16,19-20,33-36H,1-4,17-18,21-30H2. The van der Waals surface area contributed by atoms with Gasteiger partial charge in [0.2, 0.25) is 0 Å². The topological polar surface area (TPSA) is 0 Å². The van der Waals surface area contributed by atoms with Crippen LogP contribution in [0, 0.1) is 23.7 Å². The van der Waals surface area contributed by atoms with E-state index in [9.17, 15) is 0 Å². The molecular weight excluding hydrogens is 553 g/mol. The average molecular weight is 603 g/mol. The molecule has 0 aromatic heterocycles. The van der Waals surface area contributed by atoms with Crippen LogP contribution in [0.4, 0.5) is 0 Å². The van der Waals surface area contributed by atoms with Gasteiger partial charge in [0, 0.05) is 0 Å². The molecule has 0 amide bonds. The van der Waals surface area contributed by atoms with E-state index in [0.29, 0.717) is 10.8 Å². The lowest BCUT2D eigenvalue weighted by Gasteiger charge is -2.63. The minimum atomic E-state index is 0.280. The highest BCUT2D eigenvalue weighted by Gasteiger charge is 2.60. The van der Waals surface area contributed by atoms with Crippen LogP contribution in [0.15, 0.2) is 87.0 Å². The second kappa shape index (κ2) is 10.1. The maximum atomic E-state index is 4.26. The molecule has 3 aromatic carbocycles. The van der Waals surface area contributed by atoms with Gasteiger partial charge in [0.25, 0.3) is 0 Å². The van der Waals surface area contributed by atoms with E-state index in [4.69, 9.17) is 0 Å². The fraction of sp³-hybridized carbons (Fsp3) is 0.435. The summed E-state index contributed by atoms with van der Waals surface area (Å²) in [6, 6.07) is 24.6. The van der Waals surface area contributed by atoms with Crippen LogP contribution in [0.3, 0.4) is 0 Å². The van der Waals surface area contributed by atoms with E-state index in [1.807, 2.05) is 12.2 Å². The number of hydrogen-bond donors (Lipinski definition) is 0. The van der Waals surface area contributed by atoms with E-state index in [-0.39, 0.29) is 10.8 Å². The SMILES string of the molecule is C=Cc1ccc(C23CC4CC(CC(c5ccc(C67CC8CC(C6)CC(c6ccc(C=C)cc6C=C)(C8)C7)cc5)(C4)C2)C3)c(C=C)c1. The van der Waals surface area contributed by atoms with Crippen LogP contribution in [0.5, 0.6) is 0 Å². The minimum Gasteiger partial charge on any atom is -0.0985 e. The predicted molar refractivity (Wildman–Crippen MR) is 196 cm³/mol. The molecule has 0 saturated heterocycles. The predicted octanol–water partition coefficient (Wildman–Crippen LogP) is 11.8. The Morgan fingerprint density at radius 2 is 0.783 bits per heavy atom. The van der Waals surface area contributed by atoms with Gasteiger partial charge in [-0.05, 0) is 179 Å². The minimum absolute atomic E-state index is 0.280. The van der Waals surface area contributed by atoms with Gasteiger partial charge in [-0.25, -0.2) is 0 Å². The molecule has 0 nitrogen and oxygen atoms in total. The molecule has 0 heteroatoms. The van der Waals surface area contributed by atoms with Crippen molar-refractivity contribution in [3.8, 4) is 0 Å².